The molecule has 3 N–H and O–H groups in total. The molecule has 7 heteroatoms. The van der Waals surface area contributed by atoms with Crippen LogP contribution in [0.5, 0.6) is 0 Å². The summed E-state index contributed by atoms with van der Waals surface area (Å²) >= 11 is 0. The molecule has 1 aromatic carbocycles. The molecule has 0 aliphatic rings. The number of aliphatic hydroxyl groups is 1. The number of carboxylic acids is 1. The number of hydrogen-bond donors (Lipinski definition) is 3. The van der Waals surface area contributed by atoms with Gasteiger partial charge in [0.1, 0.15) is 0 Å². The fraction of sp³-hybridized carbons (Fsp3) is 0.417. The molecule has 2 atom stereocenters. The summed E-state index contributed by atoms with van der Waals surface area (Å²) in [6, 6.07) is 4.52. The maximum absolute atomic E-state index is 12.0. The highest BCUT2D eigenvalue weighted by molar-refractivity contribution is 7.89. The average molecular weight is 287 g/mol. The van der Waals surface area contributed by atoms with Crippen molar-refractivity contribution in [1.82, 2.24) is 4.72 Å². The quantitative estimate of drug-likeness (QED) is 0.714. The van der Waals surface area contributed by atoms with E-state index in [1.807, 2.05) is 0 Å². The number of rotatable bonds is 6. The SMILES string of the molecule is CC(CO)C(C)NS(=O)(=O)c1ccc(C(=O)O)cc1. The van der Waals surface area contributed by atoms with Crippen molar-refractivity contribution < 1.29 is 23.4 Å². The van der Waals surface area contributed by atoms with Crippen LogP contribution in [0.25, 0.3) is 0 Å². The summed E-state index contributed by atoms with van der Waals surface area (Å²) in [5.74, 6) is -1.33. The van der Waals surface area contributed by atoms with Crippen molar-refractivity contribution in [2.24, 2.45) is 5.92 Å². The zero-order valence-electron chi connectivity index (χ0n) is 10.7. The molecule has 1 rings (SSSR count). The highest BCUT2D eigenvalue weighted by Crippen LogP contribution is 2.13. The lowest BCUT2D eigenvalue weighted by Crippen LogP contribution is -2.38. The molecule has 2 unspecified atom stereocenters. The molecule has 0 heterocycles. The standard InChI is InChI=1S/C12H17NO5S/c1-8(7-14)9(2)13-19(17,18)11-5-3-10(4-6-11)12(15)16/h3-6,8-9,13-14H,7H2,1-2H3,(H,15,16). The van der Waals surface area contributed by atoms with Crippen LogP contribution in [0.15, 0.2) is 29.2 Å². The largest absolute Gasteiger partial charge is 0.478 e. The molecule has 0 amide bonds. The summed E-state index contributed by atoms with van der Waals surface area (Å²) in [4.78, 5) is 10.7. The molecule has 0 aliphatic heterocycles. The number of nitrogens with one attached hydrogen (secondary N) is 1. The van der Waals surface area contributed by atoms with Gasteiger partial charge in [-0.1, -0.05) is 6.92 Å². The van der Waals surface area contributed by atoms with E-state index in [1.54, 1.807) is 13.8 Å². The van der Waals surface area contributed by atoms with Crippen LogP contribution in [-0.4, -0.2) is 37.2 Å². The van der Waals surface area contributed by atoms with E-state index >= 15 is 0 Å². The fourth-order valence-corrected chi connectivity index (χ4v) is 2.72. The first-order valence-electron chi connectivity index (χ1n) is 5.74. The normalized spacial score (nSPS) is 14.9. The summed E-state index contributed by atoms with van der Waals surface area (Å²) < 4.78 is 26.4. The average Bonchev–Trinajstić information content (AvgIpc) is 2.37. The van der Waals surface area contributed by atoms with Gasteiger partial charge in [0.05, 0.1) is 10.5 Å². The summed E-state index contributed by atoms with van der Waals surface area (Å²) in [5, 5.41) is 17.7. The maximum atomic E-state index is 12.0. The first kappa shape index (κ1) is 15.6. The Hall–Kier alpha value is -1.44. The lowest BCUT2D eigenvalue weighted by molar-refractivity contribution is 0.0696. The van der Waals surface area contributed by atoms with Crippen molar-refractivity contribution in [3.63, 3.8) is 0 Å². The van der Waals surface area contributed by atoms with Crippen LogP contribution in [0.1, 0.15) is 24.2 Å². The lowest BCUT2D eigenvalue weighted by Gasteiger charge is -2.19. The molecule has 0 aliphatic carbocycles. The molecule has 0 radical (unpaired) electrons. The van der Waals surface area contributed by atoms with E-state index in [2.05, 4.69) is 4.72 Å². The van der Waals surface area contributed by atoms with E-state index in [1.165, 1.54) is 24.3 Å². The fourth-order valence-electron chi connectivity index (χ4n) is 1.36. The number of benzene rings is 1. The van der Waals surface area contributed by atoms with Gasteiger partial charge in [-0.15, -0.1) is 0 Å². The lowest BCUT2D eigenvalue weighted by atomic mass is 10.1. The van der Waals surface area contributed by atoms with Gasteiger partial charge >= 0.3 is 5.97 Å². The third-order valence-corrected chi connectivity index (χ3v) is 4.47. The highest BCUT2D eigenvalue weighted by Gasteiger charge is 2.20. The van der Waals surface area contributed by atoms with Crippen LogP contribution in [-0.2, 0) is 10.0 Å². The Morgan fingerprint density at radius 1 is 1.26 bits per heavy atom. The second-order valence-corrected chi connectivity index (χ2v) is 6.11. The van der Waals surface area contributed by atoms with E-state index in [-0.39, 0.29) is 23.0 Å². The maximum Gasteiger partial charge on any atom is 0.335 e. The smallest absolute Gasteiger partial charge is 0.335 e. The van der Waals surface area contributed by atoms with Gasteiger partial charge in [-0.05, 0) is 37.1 Å². The first-order chi connectivity index (χ1) is 8.77. The van der Waals surface area contributed by atoms with Crippen LogP contribution < -0.4 is 4.72 Å². The molecule has 19 heavy (non-hydrogen) atoms. The van der Waals surface area contributed by atoms with Gasteiger partial charge in [0.15, 0.2) is 0 Å². The number of aliphatic hydroxyl groups excluding tert-OH is 1. The van der Waals surface area contributed by atoms with Crippen molar-refractivity contribution in [1.29, 1.82) is 0 Å². The molecule has 0 fully saturated rings. The summed E-state index contributed by atoms with van der Waals surface area (Å²) in [6.07, 6.45) is 0. The van der Waals surface area contributed by atoms with Crippen LogP contribution in [0.4, 0.5) is 0 Å². The van der Waals surface area contributed by atoms with Crippen molar-refractivity contribution in [2.75, 3.05) is 6.61 Å². The molecule has 106 valence electrons. The Morgan fingerprint density at radius 3 is 2.21 bits per heavy atom. The molecule has 0 aromatic heterocycles. The number of aromatic carboxylic acids is 1. The van der Waals surface area contributed by atoms with Gasteiger partial charge in [0.25, 0.3) is 0 Å². The topological polar surface area (TPSA) is 104 Å². The van der Waals surface area contributed by atoms with E-state index < -0.39 is 22.0 Å². The molecule has 0 spiro atoms. The van der Waals surface area contributed by atoms with E-state index in [0.29, 0.717) is 0 Å². The van der Waals surface area contributed by atoms with Crippen LogP contribution in [0.2, 0.25) is 0 Å². The molecular weight excluding hydrogens is 270 g/mol. The van der Waals surface area contributed by atoms with Gasteiger partial charge in [0.2, 0.25) is 10.0 Å². The Morgan fingerprint density at radius 2 is 1.79 bits per heavy atom. The van der Waals surface area contributed by atoms with Crippen molar-refractivity contribution >= 4 is 16.0 Å². The van der Waals surface area contributed by atoms with E-state index in [0.717, 1.165) is 0 Å². The van der Waals surface area contributed by atoms with E-state index in [9.17, 15) is 13.2 Å². The highest BCUT2D eigenvalue weighted by atomic mass is 32.2. The Bertz CT molecular complexity index is 538. The van der Waals surface area contributed by atoms with Crippen LogP contribution >= 0.6 is 0 Å². The summed E-state index contributed by atoms with van der Waals surface area (Å²) in [6.45, 7) is 3.26. The molecule has 0 bridgehead atoms. The third-order valence-electron chi connectivity index (χ3n) is 2.89. The number of hydrogen-bond acceptors (Lipinski definition) is 4. The monoisotopic (exact) mass is 287 g/mol. The Kier molecular flexibility index (Phi) is 5.04. The summed E-state index contributed by atoms with van der Waals surface area (Å²) in [7, 11) is -3.71. The van der Waals surface area contributed by atoms with Crippen molar-refractivity contribution in [3.05, 3.63) is 29.8 Å². The van der Waals surface area contributed by atoms with Gasteiger partial charge in [-0.2, -0.15) is 0 Å². The molecule has 0 saturated carbocycles. The predicted octanol–water partition coefficient (Wildman–Crippen LogP) is 0.680. The minimum Gasteiger partial charge on any atom is -0.478 e. The van der Waals surface area contributed by atoms with Gasteiger partial charge in [0, 0.05) is 12.6 Å². The van der Waals surface area contributed by atoms with Crippen LogP contribution in [0, 0.1) is 5.92 Å². The zero-order valence-corrected chi connectivity index (χ0v) is 11.5. The summed E-state index contributed by atoms with van der Waals surface area (Å²) in [5.41, 5.74) is 0.0238. The minimum atomic E-state index is -3.71. The second kappa shape index (κ2) is 6.14. The Balaban J connectivity index is 2.91. The minimum absolute atomic E-state index is 0.00510. The van der Waals surface area contributed by atoms with Gasteiger partial charge in [-0.3, -0.25) is 0 Å². The number of sulfonamides is 1. The van der Waals surface area contributed by atoms with Gasteiger partial charge < -0.3 is 10.2 Å². The van der Waals surface area contributed by atoms with Crippen molar-refractivity contribution in [3.8, 4) is 0 Å². The number of carboxylic acid groups (broad SMARTS) is 1. The third kappa shape index (κ3) is 4.02. The first-order valence-corrected chi connectivity index (χ1v) is 7.23. The second-order valence-electron chi connectivity index (χ2n) is 4.40. The Labute approximate surface area is 112 Å². The van der Waals surface area contributed by atoms with Gasteiger partial charge in [-0.25, -0.2) is 17.9 Å². The molecular formula is C12H17NO5S. The van der Waals surface area contributed by atoms with E-state index in [4.69, 9.17) is 10.2 Å². The zero-order chi connectivity index (χ0) is 14.6. The number of carbonyl (C=O) groups is 1. The molecule has 0 saturated heterocycles. The molecule has 6 nitrogen and oxygen atoms in total. The van der Waals surface area contributed by atoms with Crippen LogP contribution in [0.3, 0.4) is 0 Å². The van der Waals surface area contributed by atoms with Crippen molar-refractivity contribution in [2.45, 2.75) is 24.8 Å². The molecule has 1 aromatic rings. The predicted molar refractivity (Wildman–Crippen MR) is 69.4 cm³/mol.